The zero-order valence-electron chi connectivity index (χ0n) is 9.09. The van der Waals surface area contributed by atoms with Crippen LogP contribution in [-0.4, -0.2) is 27.6 Å². The fourth-order valence-electron chi connectivity index (χ4n) is 1.77. The second-order valence-corrected chi connectivity index (χ2v) is 4.36. The van der Waals surface area contributed by atoms with E-state index in [-0.39, 0.29) is 6.42 Å². The van der Waals surface area contributed by atoms with Gasteiger partial charge in [0.05, 0.1) is 5.69 Å². The van der Waals surface area contributed by atoms with Gasteiger partial charge in [-0.05, 0) is 25.1 Å². The lowest BCUT2D eigenvalue weighted by Crippen LogP contribution is -2.50. The molecular formula is C11H11ClN2O3. The Balaban J connectivity index is 2.46. The number of hydrogen-bond donors (Lipinski definition) is 2. The number of carbonyl (C=O) groups is 1. The van der Waals surface area contributed by atoms with Gasteiger partial charge >= 0.3 is 5.97 Å². The summed E-state index contributed by atoms with van der Waals surface area (Å²) < 4.78 is 0. The van der Waals surface area contributed by atoms with Crippen molar-refractivity contribution in [1.29, 1.82) is 0 Å². The lowest BCUT2D eigenvalue weighted by atomic mass is 10.1. The molecule has 1 aromatic carbocycles. The van der Waals surface area contributed by atoms with E-state index in [9.17, 15) is 9.90 Å². The van der Waals surface area contributed by atoms with Gasteiger partial charge in [-0.1, -0.05) is 17.7 Å². The van der Waals surface area contributed by atoms with Gasteiger partial charge in [0.2, 0.25) is 0 Å². The van der Waals surface area contributed by atoms with Crippen molar-refractivity contribution in [3.8, 4) is 0 Å². The average molecular weight is 255 g/mol. The van der Waals surface area contributed by atoms with Crippen LogP contribution in [0.15, 0.2) is 29.4 Å². The summed E-state index contributed by atoms with van der Waals surface area (Å²) in [6.07, 6.45) is -0.0329. The Morgan fingerprint density at radius 1 is 1.59 bits per heavy atom. The van der Waals surface area contributed by atoms with Gasteiger partial charge < -0.3 is 10.2 Å². The number of carboxylic acids is 1. The van der Waals surface area contributed by atoms with Gasteiger partial charge in [0.25, 0.3) is 5.72 Å². The minimum atomic E-state index is -2.03. The highest BCUT2D eigenvalue weighted by molar-refractivity contribution is 6.30. The third-order valence-electron chi connectivity index (χ3n) is 2.52. The molecule has 5 nitrogen and oxygen atoms in total. The Labute approximate surface area is 103 Å². The maximum Gasteiger partial charge on any atom is 0.359 e. The topological polar surface area (TPSA) is 73.1 Å². The summed E-state index contributed by atoms with van der Waals surface area (Å²) in [7, 11) is 0. The molecule has 6 heteroatoms. The summed E-state index contributed by atoms with van der Waals surface area (Å²) in [5.41, 5.74) is -1.04. The first kappa shape index (κ1) is 11.9. The summed E-state index contributed by atoms with van der Waals surface area (Å²) in [6, 6.07) is 6.53. The van der Waals surface area contributed by atoms with Crippen molar-refractivity contribution in [3.05, 3.63) is 29.3 Å². The van der Waals surface area contributed by atoms with Crippen LogP contribution < -0.4 is 5.01 Å². The molecule has 90 valence electrons. The van der Waals surface area contributed by atoms with Gasteiger partial charge in [0.1, 0.15) is 0 Å². The average Bonchev–Trinajstić information content (AvgIpc) is 2.55. The van der Waals surface area contributed by atoms with Crippen molar-refractivity contribution in [2.24, 2.45) is 5.10 Å². The van der Waals surface area contributed by atoms with Crippen LogP contribution in [0, 0.1) is 0 Å². The highest BCUT2D eigenvalue weighted by atomic mass is 35.5. The van der Waals surface area contributed by atoms with Crippen LogP contribution in [0.5, 0.6) is 0 Å². The van der Waals surface area contributed by atoms with Crippen LogP contribution in [0.2, 0.25) is 5.02 Å². The second-order valence-electron chi connectivity index (χ2n) is 3.93. The fraction of sp³-hybridized carbons (Fsp3) is 0.273. The van der Waals surface area contributed by atoms with Crippen LogP contribution in [0.25, 0.3) is 0 Å². The molecule has 1 aliphatic rings. The number of nitrogens with zero attached hydrogens (tertiary/aromatic N) is 2. The van der Waals surface area contributed by atoms with Crippen molar-refractivity contribution in [2.75, 3.05) is 5.01 Å². The fourth-order valence-corrected chi connectivity index (χ4v) is 1.95. The predicted octanol–water partition coefficient (Wildman–Crippen LogP) is 1.70. The van der Waals surface area contributed by atoms with E-state index >= 15 is 0 Å². The smallest absolute Gasteiger partial charge is 0.359 e. The lowest BCUT2D eigenvalue weighted by Gasteiger charge is -2.28. The number of carboxylic acid groups (broad SMARTS) is 1. The number of hydrogen-bond acceptors (Lipinski definition) is 4. The van der Waals surface area contributed by atoms with Crippen molar-refractivity contribution in [2.45, 2.75) is 19.1 Å². The van der Waals surface area contributed by atoms with E-state index in [0.29, 0.717) is 16.4 Å². The van der Waals surface area contributed by atoms with Crippen molar-refractivity contribution >= 4 is 29.0 Å². The van der Waals surface area contributed by atoms with Gasteiger partial charge in [-0.15, -0.1) is 0 Å². The molecule has 0 aromatic heterocycles. The summed E-state index contributed by atoms with van der Waals surface area (Å²) in [5.74, 6) is -1.34. The third-order valence-corrected chi connectivity index (χ3v) is 2.75. The van der Waals surface area contributed by atoms with Crippen molar-refractivity contribution in [1.82, 2.24) is 0 Å². The van der Waals surface area contributed by atoms with Gasteiger partial charge in [-0.25, -0.2) is 9.80 Å². The minimum Gasteiger partial charge on any atom is -0.478 e. The number of hydrazone groups is 1. The molecule has 2 rings (SSSR count). The maximum absolute atomic E-state index is 11.1. The molecule has 0 saturated heterocycles. The standard InChI is InChI=1S/C11H11ClN2O3/c1-7-6-11(17,10(15)16)14(13-7)9-4-2-3-8(12)5-9/h2-5,17H,6H2,1H3,(H,15,16). The number of rotatable bonds is 2. The highest BCUT2D eigenvalue weighted by Gasteiger charge is 2.47. The van der Waals surface area contributed by atoms with E-state index in [1.54, 1.807) is 31.2 Å². The molecular weight excluding hydrogens is 244 g/mol. The van der Waals surface area contributed by atoms with E-state index in [1.165, 1.54) is 0 Å². The van der Waals surface area contributed by atoms with Crippen molar-refractivity contribution < 1.29 is 15.0 Å². The number of halogens is 1. The molecule has 0 spiro atoms. The van der Waals surface area contributed by atoms with Crippen LogP contribution in [0.3, 0.4) is 0 Å². The third kappa shape index (κ3) is 1.99. The summed E-state index contributed by atoms with van der Waals surface area (Å²) >= 11 is 5.83. The number of anilines is 1. The second kappa shape index (κ2) is 4.01. The van der Waals surface area contributed by atoms with Gasteiger partial charge in [-0.3, -0.25) is 0 Å². The largest absolute Gasteiger partial charge is 0.478 e. The molecule has 0 aliphatic carbocycles. The number of benzene rings is 1. The molecule has 1 heterocycles. The van der Waals surface area contributed by atoms with Crippen LogP contribution in [0.1, 0.15) is 13.3 Å². The van der Waals surface area contributed by atoms with Gasteiger partial charge in [0.15, 0.2) is 0 Å². The first-order valence-electron chi connectivity index (χ1n) is 4.99. The quantitative estimate of drug-likeness (QED) is 0.843. The van der Waals surface area contributed by atoms with Gasteiger partial charge in [0, 0.05) is 17.2 Å². The van der Waals surface area contributed by atoms with Crippen LogP contribution in [-0.2, 0) is 4.79 Å². The van der Waals surface area contributed by atoms with E-state index in [1.807, 2.05) is 0 Å². The van der Waals surface area contributed by atoms with Crippen molar-refractivity contribution in [3.63, 3.8) is 0 Å². The summed E-state index contributed by atoms with van der Waals surface area (Å²) in [4.78, 5) is 11.1. The first-order valence-corrected chi connectivity index (χ1v) is 5.37. The number of aliphatic carboxylic acids is 1. The Kier molecular flexibility index (Phi) is 2.81. The predicted molar refractivity (Wildman–Crippen MR) is 64.2 cm³/mol. The molecule has 0 saturated carbocycles. The van der Waals surface area contributed by atoms with E-state index in [0.717, 1.165) is 5.01 Å². The highest BCUT2D eigenvalue weighted by Crippen LogP contribution is 2.32. The molecule has 1 aromatic rings. The molecule has 2 N–H and O–H groups in total. The molecule has 17 heavy (non-hydrogen) atoms. The maximum atomic E-state index is 11.1. The lowest BCUT2D eigenvalue weighted by molar-refractivity contribution is -0.157. The summed E-state index contributed by atoms with van der Waals surface area (Å²) in [6.45, 7) is 1.67. The number of aliphatic hydroxyl groups is 1. The van der Waals surface area contributed by atoms with E-state index in [4.69, 9.17) is 16.7 Å². The molecule has 1 unspecified atom stereocenters. The molecule has 1 aliphatic heterocycles. The summed E-state index contributed by atoms with van der Waals surface area (Å²) in [5, 5.41) is 24.8. The molecule has 0 amide bonds. The van der Waals surface area contributed by atoms with Crippen LogP contribution >= 0.6 is 11.6 Å². The van der Waals surface area contributed by atoms with Gasteiger partial charge in [-0.2, -0.15) is 5.10 Å². The van der Waals surface area contributed by atoms with Crippen LogP contribution in [0.4, 0.5) is 5.69 Å². The Bertz CT molecular complexity index is 503. The normalized spacial score (nSPS) is 23.7. The minimum absolute atomic E-state index is 0.0329. The molecule has 0 fully saturated rings. The Morgan fingerprint density at radius 2 is 2.29 bits per heavy atom. The zero-order chi connectivity index (χ0) is 12.6. The Hall–Kier alpha value is -1.59. The molecule has 1 atom stereocenters. The molecule has 0 bridgehead atoms. The monoisotopic (exact) mass is 254 g/mol. The molecule has 0 radical (unpaired) electrons. The SMILES string of the molecule is CC1=NN(c2cccc(Cl)c2)C(O)(C(=O)O)C1. The van der Waals surface area contributed by atoms with E-state index < -0.39 is 11.7 Å². The first-order chi connectivity index (χ1) is 7.93. The van der Waals surface area contributed by atoms with E-state index in [2.05, 4.69) is 5.10 Å². The Morgan fingerprint density at radius 3 is 2.88 bits per heavy atom. The zero-order valence-corrected chi connectivity index (χ0v) is 9.85.